The molecule has 1 unspecified atom stereocenters. The van der Waals surface area contributed by atoms with Crippen molar-refractivity contribution in [2.24, 2.45) is 11.7 Å². The summed E-state index contributed by atoms with van der Waals surface area (Å²) in [6.07, 6.45) is 2.92. The summed E-state index contributed by atoms with van der Waals surface area (Å²) in [6, 6.07) is 4.01. The second kappa shape index (κ2) is 7.24. The highest BCUT2D eigenvalue weighted by Crippen LogP contribution is 2.07. The lowest BCUT2D eigenvalue weighted by atomic mass is 10.0. The van der Waals surface area contributed by atoms with Crippen LogP contribution in [0.25, 0.3) is 0 Å². The van der Waals surface area contributed by atoms with Crippen molar-refractivity contribution in [1.82, 2.24) is 9.88 Å². The number of hydrogen-bond acceptors (Lipinski definition) is 3. The van der Waals surface area contributed by atoms with E-state index < -0.39 is 0 Å². The second-order valence-electron chi connectivity index (χ2n) is 5.46. The number of nitrogens with zero attached hydrogens (tertiary/aromatic N) is 2. The fourth-order valence-electron chi connectivity index (χ4n) is 1.78. The Balaban J connectivity index is 2.47. The summed E-state index contributed by atoms with van der Waals surface area (Å²) in [5.41, 5.74) is 7.90. The SMILES string of the molecule is Cc1cccnc1CC(=O)N(C)CCC(N)C(C)C. The first-order valence-corrected chi connectivity index (χ1v) is 6.82. The molecular formula is C15H25N3O. The molecule has 1 atom stereocenters. The molecule has 0 saturated heterocycles. The maximum Gasteiger partial charge on any atom is 0.228 e. The van der Waals surface area contributed by atoms with E-state index in [0.717, 1.165) is 17.7 Å². The highest BCUT2D eigenvalue weighted by molar-refractivity contribution is 5.78. The van der Waals surface area contributed by atoms with Crippen molar-refractivity contribution in [2.45, 2.75) is 39.7 Å². The zero-order valence-electron chi connectivity index (χ0n) is 12.4. The predicted octanol–water partition coefficient (Wildman–Crippen LogP) is 1.76. The Hall–Kier alpha value is -1.42. The Morgan fingerprint density at radius 1 is 1.47 bits per heavy atom. The smallest absolute Gasteiger partial charge is 0.228 e. The van der Waals surface area contributed by atoms with E-state index in [1.54, 1.807) is 11.1 Å². The topological polar surface area (TPSA) is 59.2 Å². The molecule has 4 nitrogen and oxygen atoms in total. The molecule has 1 aromatic heterocycles. The average Bonchev–Trinajstić information content (AvgIpc) is 2.37. The van der Waals surface area contributed by atoms with Gasteiger partial charge in [-0.25, -0.2) is 0 Å². The summed E-state index contributed by atoms with van der Waals surface area (Å²) >= 11 is 0. The number of amides is 1. The number of hydrogen-bond donors (Lipinski definition) is 1. The Labute approximate surface area is 116 Å². The monoisotopic (exact) mass is 263 g/mol. The summed E-state index contributed by atoms with van der Waals surface area (Å²) in [6.45, 7) is 6.88. The van der Waals surface area contributed by atoms with Gasteiger partial charge in [-0.05, 0) is 30.9 Å². The van der Waals surface area contributed by atoms with Gasteiger partial charge in [0.05, 0.1) is 12.1 Å². The highest BCUT2D eigenvalue weighted by Gasteiger charge is 2.14. The van der Waals surface area contributed by atoms with E-state index in [9.17, 15) is 4.79 Å². The molecule has 106 valence electrons. The van der Waals surface area contributed by atoms with Crippen LogP contribution in [0, 0.1) is 12.8 Å². The Bertz CT molecular complexity index is 418. The minimum absolute atomic E-state index is 0.0951. The molecule has 0 saturated carbocycles. The summed E-state index contributed by atoms with van der Waals surface area (Å²) in [5.74, 6) is 0.541. The second-order valence-corrected chi connectivity index (χ2v) is 5.46. The number of pyridine rings is 1. The van der Waals surface area contributed by atoms with Gasteiger partial charge >= 0.3 is 0 Å². The number of carbonyl (C=O) groups excluding carboxylic acids is 1. The van der Waals surface area contributed by atoms with Crippen LogP contribution in [-0.4, -0.2) is 35.4 Å². The third-order valence-electron chi connectivity index (χ3n) is 3.52. The lowest BCUT2D eigenvalue weighted by Crippen LogP contribution is -2.35. The van der Waals surface area contributed by atoms with E-state index in [2.05, 4.69) is 18.8 Å². The van der Waals surface area contributed by atoms with Crippen LogP contribution in [-0.2, 0) is 11.2 Å². The van der Waals surface area contributed by atoms with E-state index >= 15 is 0 Å². The van der Waals surface area contributed by atoms with Gasteiger partial charge in [0.25, 0.3) is 0 Å². The fraction of sp³-hybridized carbons (Fsp3) is 0.600. The van der Waals surface area contributed by atoms with E-state index in [4.69, 9.17) is 5.73 Å². The molecule has 0 fully saturated rings. The zero-order valence-corrected chi connectivity index (χ0v) is 12.4. The number of likely N-dealkylation sites (N-methyl/N-ethyl adjacent to an activating group) is 1. The maximum atomic E-state index is 12.1. The molecule has 1 aromatic rings. The summed E-state index contributed by atoms with van der Waals surface area (Å²) in [7, 11) is 1.83. The van der Waals surface area contributed by atoms with Gasteiger partial charge in [0.15, 0.2) is 0 Å². The van der Waals surface area contributed by atoms with Gasteiger partial charge in [-0.2, -0.15) is 0 Å². The van der Waals surface area contributed by atoms with Crippen LogP contribution in [0.3, 0.4) is 0 Å². The quantitative estimate of drug-likeness (QED) is 0.851. The lowest BCUT2D eigenvalue weighted by Gasteiger charge is -2.21. The largest absolute Gasteiger partial charge is 0.345 e. The van der Waals surface area contributed by atoms with Crippen LogP contribution in [0.1, 0.15) is 31.5 Å². The normalized spacial score (nSPS) is 12.5. The van der Waals surface area contributed by atoms with Gasteiger partial charge in [-0.15, -0.1) is 0 Å². The van der Waals surface area contributed by atoms with Crippen molar-refractivity contribution in [3.8, 4) is 0 Å². The molecule has 0 aliphatic carbocycles. The number of aryl methyl sites for hydroxylation is 1. The van der Waals surface area contributed by atoms with Crippen LogP contribution in [0.4, 0.5) is 0 Å². The van der Waals surface area contributed by atoms with Crippen molar-refractivity contribution in [3.05, 3.63) is 29.6 Å². The minimum atomic E-state index is 0.0951. The molecule has 0 spiro atoms. The van der Waals surface area contributed by atoms with Crippen LogP contribution in [0.2, 0.25) is 0 Å². The molecule has 0 radical (unpaired) electrons. The van der Waals surface area contributed by atoms with E-state index in [1.165, 1.54) is 0 Å². The average molecular weight is 263 g/mol. The molecule has 1 amide bonds. The van der Waals surface area contributed by atoms with Gasteiger partial charge in [0.2, 0.25) is 5.91 Å². The standard InChI is InChI=1S/C15H25N3O/c1-11(2)13(16)7-9-18(4)15(19)10-14-12(3)6-5-8-17-14/h5-6,8,11,13H,7,9-10,16H2,1-4H3. The Morgan fingerprint density at radius 3 is 2.74 bits per heavy atom. The molecule has 0 aliphatic heterocycles. The molecular weight excluding hydrogens is 238 g/mol. The molecule has 19 heavy (non-hydrogen) atoms. The van der Waals surface area contributed by atoms with Crippen LogP contribution in [0.15, 0.2) is 18.3 Å². The fourth-order valence-corrected chi connectivity index (χ4v) is 1.78. The molecule has 4 heteroatoms. The lowest BCUT2D eigenvalue weighted by molar-refractivity contribution is -0.129. The highest BCUT2D eigenvalue weighted by atomic mass is 16.2. The van der Waals surface area contributed by atoms with Crippen molar-refractivity contribution in [3.63, 3.8) is 0 Å². The molecule has 1 heterocycles. The predicted molar refractivity (Wildman–Crippen MR) is 77.7 cm³/mol. The third kappa shape index (κ3) is 4.99. The third-order valence-corrected chi connectivity index (χ3v) is 3.52. The van der Waals surface area contributed by atoms with Crippen LogP contribution in [0.5, 0.6) is 0 Å². The number of aromatic nitrogens is 1. The van der Waals surface area contributed by atoms with Crippen LogP contribution >= 0.6 is 0 Å². The van der Waals surface area contributed by atoms with E-state index in [-0.39, 0.29) is 11.9 Å². The van der Waals surface area contributed by atoms with Crippen molar-refractivity contribution in [2.75, 3.05) is 13.6 Å². The van der Waals surface area contributed by atoms with Gasteiger partial charge in [-0.3, -0.25) is 9.78 Å². The summed E-state index contributed by atoms with van der Waals surface area (Å²) in [4.78, 5) is 18.1. The molecule has 0 aliphatic rings. The zero-order chi connectivity index (χ0) is 14.4. The minimum Gasteiger partial charge on any atom is -0.345 e. The molecule has 0 aromatic carbocycles. The number of rotatable bonds is 6. The molecule has 0 bridgehead atoms. The summed E-state index contributed by atoms with van der Waals surface area (Å²) < 4.78 is 0. The first kappa shape index (κ1) is 15.6. The first-order chi connectivity index (χ1) is 8.91. The maximum absolute atomic E-state index is 12.1. The number of nitrogens with two attached hydrogens (primary N) is 1. The molecule has 1 rings (SSSR count). The Kier molecular flexibility index (Phi) is 5.96. The van der Waals surface area contributed by atoms with Gasteiger partial charge in [0, 0.05) is 25.8 Å². The van der Waals surface area contributed by atoms with E-state index in [1.807, 2.05) is 26.1 Å². The van der Waals surface area contributed by atoms with Crippen molar-refractivity contribution >= 4 is 5.91 Å². The molecule has 2 N–H and O–H groups in total. The summed E-state index contributed by atoms with van der Waals surface area (Å²) in [5, 5.41) is 0. The number of carbonyl (C=O) groups is 1. The van der Waals surface area contributed by atoms with Gasteiger partial charge < -0.3 is 10.6 Å². The van der Waals surface area contributed by atoms with E-state index in [0.29, 0.717) is 18.9 Å². The van der Waals surface area contributed by atoms with Gasteiger partial charge in [-0.1, -0.05) is 19.9 Å². The van der Waals surface area contributed by atoms with Crippen molar-refractivity contribution in [1.29, 1.82) is 0 Å². The Morgan fingerprint density at radius 2 is 2.16 bits per heavy atom. The van der Waals surface area contributed by atoms with Crippen LogP contribution < -0.4 is 5.73 Å². The van der Waals surface area contributed by atoms with Gasteiger partial charge in [0.1, 0.15) is 0 Å². The first-order valence-electron chi connectivity index (χ1n) is 6.82. The van der Waals surface area contributed by atoms with Crippen molar-refractivity contribution < 1.29 is 4.79 Å².